The van der Waals surface area contributed by atoms with Gasteiger partial charge in [0.15, 0.2) is 0 Å². The van der Waals surface area contributed by atoms with Gasteiger partial charge in [0.1, 0.15) is 47.8 Å². The van der Waals surface area contributed by atoms with E-state index in [1.54, 1.807) is 36.4 Å². The minimum absolute atomic E-state index is 0.0864. The minimum Gasteiger partial charge on any atom is -0.507 e. The number of unbranched alkanes of at least 4 members (excludes halogenated alkanes) is 1. The fourth-order valence-corrected chi connectivity index (χ4v) is 8.03. The molecule has 18 heteroatoms. The molecule has 65 heavy (non-hydrogen) atoms. The van der Waals surface area contributed by atoms with Gasteiger partial charge >= 0.3 is 0 Å². The van der Waals surface area contributed by atoms with E-state index in [4.69, 9.17) is 23.1 Å². The Morgan fingerprint density at radius 1 is 0.862 bits per heavy atom. The molecule has 2 aliphatic rings. The molecule has 17 nitrogen and oxygen atoms in total. The third kappa shape index (κ3) is 11.0. The van der Waals surface area contributed by atoms with Crippen LogP contribution in [-0.4, -0.2) is 112 Å². The molecule has 0 aliphatic carbocycles. The van der Waals surface area contributed by atoms with Gasteiger partial charge in [0.05, 0.1) is 0 Å². The van der Waals surface area contributed by atoms with Gasteiger partial charge in [-0.05, 0) is 117 Å². The zero-order valence-electron chi connectivity index (χ0n) is 36.2. The molecule has 2 aliphatic heterocycles. The van der Waals surface area contributed by atoms with Gasteiger partial charge in [-0.2, -0.15) is 0 Å². The molecule has 1 saturated heterocycles. The largest absolute Gasteiger partial charge is 0.507 e. The number of halogens is 1. The summed E-state index contributed by atoms with van der Waals surface area (Å²) in [7, 11) is 1.38. The number of aromatic hydroxyl groups is 2. The molecule has 4 aromatic rings. The van der Waals surface area contributed by atoms with Crippen LogP contribution in [0.2, 0.25) is 5.02 Å². The molecule has 7 amide bonds. The number of hydrogen-bond donors (Lipinski definition) is 8. The van der Waals surface area contributed by atoms with Crippen LogP contribution in [0.4, 0.5) is 0 Å². The number of phenolic OH excluding ortho intramolecular Hbond substituents is 2. The van der Waals surface area contributed by atoms with Crippen LogP contribution in [0.5, 0.6) is 11.5 Å². The molecule has 0 spiro atoms. The zero-order chi connectivity index (χ0) is 47.1. The van der Waals surface area contributed by atoms with Gasteiger partial charge in [-0.3, -0.25) is 33.6 Å². The molecule has 342 valence electrons. The number of fused-ring (bicyclic) bond motifs is 5. The van der Waals surface area contributed by atoms with Crippen molar-refractivity contribution >= 4 is 53.0 Å². The van der Waals surface area contributed by atoms with Gasteiger partial charge in [-0.1, -0.05) is 48.0 Å². The molecule has 0 radical (unpaired) electrons. The Labute approximate surface area is 380 Å². The van der Waals surface area contributed by atoms with Gasteiger partial charge in [-0.15, -0.1) is 0 Å². The summed E-state index contributed by atoms with van der Waals surface area (Å²) in [6, 6.07) is 15.5. The maximum atomic E-state index is 14.6. The summed E-state index contributed by atoms with van der Waals surface area (Å²) in [5, 5.41) is 33.6. The van der Waals surface area contributed by atoms with Crippen LogP contribution in [0, 0.1) is 0 Å². The van der Waals surface area contributed by atoms with Crippen molar-refractivity contribution in [3.05, 3.63) is 107 Å². The Hall–Kier alpha value is -6.98. The van der Waals surface area contributed by atoms with E-state index in [1.807, 2.05) is 12.1 Å². The average molecular weight is 909 g/mol. The first-order valence-corrected chi connectivity index (χ1v) is 21.6. The second-order valence-electron chi connectivity index (χ2n) is 16.3. The topological polar surface area (TPSA) is 267 Å². The minimum atomic E-state index is -1.46. The van der Waals surface area contributed by atoms with Crippen molar-refractivity contribution in [2.75, 3.05) is 20.1 Å². The average Bonchev–Trinajstić information content (AvgIpc) is 3.26. The van der Waals surface area contributed by atoms with Crippen molar-refractivity contribution in [3.63, 3.8) is 0 Å². The number of phenols is 2. The van der Waals surface area contributed by atoms with Crippen molar-refractivity contribution in [1.29, 1.82) is 0 Å². The highest BCUT2D eigenvalue weighted by Gasteiger charge is 2.40. The molecule has 1 fully saturated rings. The summed E-state index contributed by atoms with van der Waals surface area (Å²) in [6.45, 7) is 3.44. The number of primary amides is 1. The number of hydrogen-bond acceptors (Lipinski definition) is 10. The number of carbonyl (C=O) groups is 7. The molecular weight excluding hydrogens is 856 g/mol. The van der Waals surface area contributed by atoms with Crippen LogP contribution < -0.4 is 32.7 Å². The zero-order valence-corrected chi connectivity index (χ0v) is 36.9. The fraction of sp³-hybridized carbons (Fsp3) is 0.340. The van der Waals surface area contributed by atoms with Gasteiger partial charge in [-0.25, -0.2) is 0 Å². The Bertz CT molecular complexity index is 2470. The highest BCUT2D eigenvalue weighted by atomic mass is 35.5. The smallest absolute Gasteiger partial charge is 0.251 e. The number of benzene rings is 4. The molecule has 10 N–H and O–H groups in total. The summed E-state index contributed by atoms with van der Waals surface area (Å²) < 4.78 is 0. The first-order chi connectivity index (χ1) is 31.0. The van der Waals surface area contributed by atoms with Crippen molar-refractivity contribution in [1.82, 2.24) is 31.1 Å². The monoisotopic (exact) mass is 908 g/mol. The highest BCUT2D eigenvalue weighted by Crippen LogP contribution is 2.39. The maximum absolute atomic E-state index is 14.6. The lowest BCUT2D eigenvalue weighted by Gasteiger charge is -2.40. The van der Waals surface area contributed by atoms with E-state index < -0.39 is 77.6 Å². The van der Waals surface area contributed by atoms with Gasteiger partial charge in [0.2, 0.25) is 35.4 Å². The Morgan fingerprint density at radius 2 is 1.49 bits per heavy atom. The van der Waals surface area contributed by atoms with Crippen molar-refractivity contribution < 1.29 is 43.8 Å². The van der Waals surface area contributed by atoms with Crippen LogP contribution in [0.15, 0.2) is 84.9 Å². The lowest BCUT2D eigenvalue weighted by molar-refractivity contribution is -0.148. The molecule has 4 aromatic carbocycles. The summed E-state index contributed by atoms with van der Waals surface area (Å²) in [4.78, 5) is 97.8. The predicted octanol–water partition coefficient (Wildman–Crippen LogP) is 2.65. The quantitative estimate of drug-likeness (QED) is 0.0910. The van der Waals surface area contributed by atoms with Crippen molar-refractivity contribution in [2.24, 2.45) is 11.5 Å². The molecular formula is C47H53ClN8O9. The third-order valence-electron chi connectivity index (χ3n) is 11.7. The highest BCUT2D eigenvalue weighted by molar-refractivity contribution is 6.30. The first kappa shape index (κ1) is 47.5. The van der Waals surface area contributed by atoms with Crippen LogP contribution >= 0.6 is 11.6 Å². The third-order valence-corrected chi connectivity index (χ3v) is 12.0. The normalized spacial score (nSPS) is 19.2. The van der Waals surface area contributed by atoms with Gasteiger partial charge < -0.3 is 52.7 Å². The van der Waals surface area contributed by atoms with Crippen LogP contribution in [0.25, 0.3) is 22.3 Å². The number of nitrogens with two attached hydrogens (primary N) is 2. The summed E-state index contributed by atoms with van der Waals surface area (Å²) >= 11 is 6.05. The van der Waals surface area contributed by atoms with E-state index in [-0.39, 0.29) is 53.1 Å². The number of rotatable bonds is 13. The van der Waals surface area contributed by atoms with Crippen LogP contribution in [0.1, 0.15) is 67.1 Å². The second kappa shape index (κ2) is 20.7. The molecule has 0 aromatic heterocycles. The molecule has 2 heterocycles. The van der Waals surface area contributed by atoms with E-state index in [2.05, 4.69) is 21.3 Å². The number of likely N-dealkylation sites (tertiary alicyclic amines) is 1. The molecule has 6 rings (SSSR count). The summed E-state index contributed by atoms with van der Waals surface area (Å²) in [5.41, 5.74) is 14.0. The SMILES string of the molecule is C[C@@H]1NC(=O)[C@@H](N(C)C(=O)[C@H](CCCCN)NC(=O)c2ccc(-c3ccc(Cl)cc3)cc2)c2ccc(O)c(c2)-c2cc(ccc2O)C[C@@H](C(=O)N[C@@H](C)C(=O)N2CC[C@H]2C(N)=O)NC1=O. The lowest BCUT2D eigenvalue weighted by Crippen LogP contribution is -2.62. The van der Waals surface area contributed by atoms with Gasteiger partial charge in [0.25, 0.3) is 5.91 Å². The Kier molecular flexibility index (Phi) is 15.1. The standard InChI is InChI=1S/C47H53ClN8O9/c1-25-42(60)54-36(44(62)52-26(2)46(64)56-21-19-37(56)41(50)59)23-27-7-17-38(57)33(22-27)34-24-31(14-18-39(34)58)40(45(63)51-25)55(3)47(65)35(6-4-5-20-49)53-43(61)30-10-8-28(9-11-30)29-12-15-32(48)16-13-29/h7-18,22,24-26,35-37,40,57-58H,4-6,19-21,23,49H2,1-3H3,(H2,50,59)(H,51,63)(H,52,62)(H,53,61)(H,54,60)/t25-,26-,35-,36-,37-,40-/m0/s1. The summed E-state index contributed by atoms with van der Waals surface area (Å²) in [6.07, 6.45) is 1.41. The predicted molar refractivity (Wildman–Crippen MR) is 242 cm³/mol. The van der Waals surface area contributed by atoms with E-state index in [1.165, 1.54) is 62.2 Å². The van der Waals surface area contributed by atoms with E-state index >= 15 is 0 Å². The van der Waals surface area contributed by atoms with E-state index in [0.717, 1.165) is 16.0 Å². The van der Waals surface area contributed by atoms with Crippen LogP contribution in [0.3, 0.4) is 0 Å². The van der Waals surface area contributed by atoms with Crippen molar-refractivity contribution in [3.8, 4) is 33.8 Å². The molecule has 4 bridgehead atoms. The van der Waals surface area contributed by atoms with Gasteiger partial charge in [0, 0.05) is 41.7 Å². The molecule has 0 saturated carbocycles. The summed E-state index contributed by atoms with van der Waals surface area (Å²) in [5.74, 6) is -5.30. The maximum Gasteiger partial charge on any atom is 0.251 e. The first-order valence-electron chi connectivity index (χ1n) is 21.3. The van der Waals surface area contributed by atoms with Crippen LogP contribution in [-0.2, 0) is 35.2 Å². The fourth-order valence-electron chi connectivity index (χ4n) is 7.91. The molecule has 0 unspecified atom stereocenters. The van der Waals surface area contributed by atoms with E-state index in [9.17, 15) is 43.8 Å². The lowest BCUT2D eigenvalue weighted by atomic mass is 9.93. The number of likely N-dealkylation sites (N-methyl/N-ethyl adjacent to an activating group) is 1. The van der Waals surface area contributed by atoms with Crippen molar-refractivity contribution in [2.45, 2.75) is 82.2 Å². The molecule has 6 atom stereocenters. The number of carbonyl (C=O) groups excluding carboxylic acids is 7. The number of amides is 7. The second-order valence-corrected chi connectivity index (χ2v) is 16.8. The number of nitrogens with zero attached hydrogens (tertiary/aromatic N) is 2. The van der Waals surface area contributed by atoms with E-state index in [0.29, 0.717) is 36.4 Å². The Morgan fingerprint density at radius 3 is 2.11 bits per heavy atom. The number of nitrogens with one attached hydrogen (secondary N) is 4. The Balaban J connectivity index is 1.30.